The van der Waals surface area contributed by atoms with Crippen molar-refractivity contribution in [3.63, 3.8) is 0 Å². The van der Waals surface area contributed by atoms with E-state index in [4.69, 9.17) is 19.5 Å². The Balaban J connectivity index is 1.31. The van der Waals surface area contributed by atoms with Gasteiger partial charge in [0.15, 0.2) is 0 Å². The van der Waals surface area contributed by atoms with Crippen molar-refractivity contribution >= 4 is 23.9 Å². The number of piperidine rings is 2. The molecule has 264 valence electrons. The lowest BCUT2D eigenvalue weighted by Gasteiger charge is -2.35. The van der Waals surface area contributed by atoms with E-state index in [1.54, 1.807) is 21.9 Å². The minimum Gasteiger partial charge on any atom is -0.487 e. The van der Waals surface area contributed by atoms with E-state index in [-0.39, 0.29) is 43.0 Å². The molecule has 1 aromatic heterocycles. The first-order valence-corrected chi connectivity index (χ1v) is 16.7. The van der Waals surface area contributed by atoms with E-state index in [1.807, 2.05) is 20.8 Å². The van der Waals surface area contributed by atoms with E-state index in [2.05, 4.69) is 10.3 Å². The van der Waals surface area contributed by atoms with E-state index in [0.29, 0.717) is 61.7 Å². The normalized spacial score (nSPS) is 17.4. The Kier molecular flexibility index (Phi) is 12.9. The maximum absolute atomic E-state index is 13.7. The largest absolute Gasteiger partial charge is 0.487 e. The summed E-state index contributed by atoms with van der Waals surface area (Å²) in [6.45, 7) is 7.67. The molecule has 2 fully saturated rings. The monoisotopic (exact) mass is 679 g/mol. The van der Waals surface area contributed by atoms with Crippen LogP contribution in [0.2, 0.25) is 0 Å². The zero-order chi connectivity index (χ0) is 35.6. The number of methoxy groups -OCH3 is 1. The Morgan fingerprint density at radius 2 is 1.84 bits per heavy atom. The molecule has 1 N–H and O–H groups in total. The van der Waals surface area contributed by atoms with Gasteiger partial charge in [-0.1, -0.05) is 6.07 Å². The van der Waals surface area contributed by atoms with Crippen LogP contribution < -0.4 is 10.1 Å². The second-order valence-corrected chi connectivity index (χ2v) is 13.6. The van der Waals surface area contributed by atoms with Crippen LogP contribution in [0.3, 0.4) is 0 Å². The van der Waals surface area contributed by atoms with Crippen LogP contribution in [0.1, 0.15) is 88.4 Å². The van der Waals surface area contributed by atoms with Crippen LogP contribution in [-0.4, -0.2) is 77.6 Å². The maximum atomic E-state index is 13.7. The van der Waals surface area contributed by atoms with E-state index < -0.39 is 29.3 Å². The van der Waals surface area contributed by atoms with Gasteiger partial charge in [0, 0.05) is 38.8 Å². The summed E-state index contributed by atoms with van der Waals surface area (Å²) in [7, 11) is 1.27. The number of likely N-dealkylation sites (tertiary alicyclic amines) is 2. The van der Waals surface area contributed by atoms with Gasteiger partial charge in [0.05, 0.1) is 37.3 Å². The predicted molar refractivity (Wildman–Crippen MR) is 176 cm³/mol. The summed E-state index contributed by atoms with van der Waals surface area (Å²) >= 11 is 0. The number of aromatic nitrogens is 1. The van der Waals surface area contributed by atoms with Crippen LogP contribution in [-0.2, 0) is 30.5 Å². The zero-order valence-electron chi connectivity index (χ0n) is 28.7. The van der Waals surface area contributed by atoms with Crippen LogP contribution in [0.4, 0.5) is 9.18 Å². The fourth-order valence-electron chi connectivity index (χ4n) is 6.05. The molecule has 2 aromatic rings. The topological polar surface area (TPSA) is 151 Å². The highest BCUT2D eigenvalue weighted by Gasteiger charge is 2.32. The molecule has 0 radical (unpaired) electrons. The Hall–Kier alpha value is -4.73. The second-order valence-electron chi connectivity index (χ2n) is 13.6. The summed E-state index contributed by atoms with van der Waals surface area (Å²) in [5, 5.41) is 12.1. The van der Waals surface area contributed by atoms with Crippen LogP contribution >= 0.6 is 0 Å². The number of nitrogens with one attached hydrogen (secondary N) is 1. The molecule has 12 nitrogen and oxygen atoms in total. The quantitative estimate of drug-likeness (QED) is 0.322. The highest BCUT2D eigenvalue weighted by atomic mass is 19.1. The van der Waals surface area contributed by atoms with Gasteiger partial charge < -0.3 is 29.3 Å². The Bertz CT molecular complexity index is 1530. The molecule has 1 aromatic carbocycles. The molecule has 3 amide bonds. The molecule has 2 saturated heterocycles. The average Bonchev–Trinajstić information content (AvgIpc) is 3.09. The number of rotatable bonds is 11. The lowest BCUT2D eigenvalue weighted by molar-refractivity contribution is -0.141. The number of hydrogen-bond acceptors (Lipinski definition) is 9. The Labute approximate surface area is 286 Å². The van der Waals surface area contributed by atoms with Crippen LogP contribution in [0.25, 0.3) is 0 Å². The van der Waals surface area contributed by atoms with Crippen molar-refractivity contribution in [1.29, 1.82) is 5.26 Å². The van der Waals surface area contributed by atoms with Crippen LogP contribution in [0, 0.1) is 29.0 Å². The van der Waals surface area contributed by atoms with Crippen molar-refractivity contribution in [3.8, 4) is 11.8 Å². The van der Waals surface area contributed by atoms with E-state index in [1.165, 1.54) is 37.7 Å². The van der Waals surface area contributed by atoms with Crippen molar-refractivity contribution in [3.05, 3.63) is 59.2 Å². The molecule has 0 aliphatic carbocycles. The van der Waals surface area contributed by atoms with Gasteiger partial charge in [-0.05, 0) is 88.1 Å². The van der Waals surface area contributed by atoms with E-state index in [0.717, 1.165) is 19.3 Å². The number of halogens is 1. The van der Waals surface area contributed by atoms with Crippen LogP contribution in [0.5, 0.6) is 5.75 Å². The number of ether oxygens (including phenoxy) is 3. The lowest BCUT2D eigenvalue weighted by Crippen LogP contribution is -2.46. The Morgan fingerprint density at radius 1 is 1.08 bits per heavy atom. The zero-order valence-corrected chi connectivity index (χ0v) is 28.7. The highest BCUT2D eigenvalue weighted by molar-refractivity contribution is 5.82. The summed E-state index contributed by atoms with van der Waals surface area (Å²) in [4.78, 5) is 59.1. The number of amides is 3. The molecule has 3 heterocycles. The lowest BCUT2D eigenvalue weighted by atomic mass is 9.91. The molecule has 2 unspecified atom stereocenters. The molecule has 13 heteroatoms. The standard InChI is InChI=1S/C36H46FN5O7/c1-36(2,3)49-35(46)41-14-11-24(12-15-41)8-10-32(43)42-13-5-6-26(22-42)34(45)40-31(18-33(44)47-4)28-17-29(21-39-20-28)48-23-25-7-9-30(37)27(16-25)19-38/h7,9,16-17,20-21,24,26,31H,5-6,8,10-15,18,22-23H2,1-4H3,(H,40,45). The molecule has 0 bridgehead atoms. The van der Waals surface area contributed by atoms with Gasteiger partial charge in [0.25, 0.3) is 0 Å². The van der Waals surface area contributed by atoms with Gasteiger partial charge in [-0.2, -0.15) is 5.26 Å². The highest BCUT2D eigenvalue weighted by Crippen LogP contribution is 2.27. The van der Waals surface area contributed by atoms with E-state index >= 15 is 0 Å². The fraction of sp³-hybridized carbons (Fsp3) is 0.556. The molecule has 0 saturated carbocycles. The number of carbonyl (C=O) groups excluding carboxylic acids is 4. The summed E-state index contributed by atoms with van der Waals surface area (Å²) in [6.07, 6.45) is 6.58. The van der Waals surface area contributed by atoms with Gasteiger partial charge in [0.2, 0.25) is 11.8 Å². The van der Waals surface area contributed by atoms with Crippen molar-refractivity contribution < 1.29 is 37.8 Å². The third kappa shape index (κ3) is 11.2. The number of benzene rings is 1. The first-order chi connectivity index (χ1) is 23.3. The van der Waals surface area contributed by atoms with Gasteiger partial charge >= 0.3 is 12.1 Å². The van der Waals surface area contributed by atoms with Crippen molar-refractivity contribution in [2.24, 2.45) is 11.8 Å². The summed E-state index contributed by atoms with van der Waals surface area (Å²) in [6, 6.07) is 6.82. The minimum absolute atomic E-state index is 0.00952. The second kappa shape index (κ2) is 17.1. The summed E-state index contributed by atoms with van der Waals surface area (Å²) in [5.74, 6) is -1.16. The first kappa shape index (κ1) is 37.1. The smallest absolute Gasteiger partial charge is 0.410 e. The number of carbonyl (C=O) groups is 4. The molecule has 49 heavy (non-hydrogen) atoms. The third-order valence-electron chi connectivity index (χ3n) is 8.79. The van der Waals surface area contributed by atoms with Gasteiger partial charge in [-0.25, -0.2) is 9.18 Å². The summed E-state index contributed by atoms with van der Waals surface area (Å²) in [5.41, 5.74) is 0.480. The molecule has 2 aliphatic rings. The molecule has 2 atom stereocenters. The third-order valence-corrected chi connectivity index (χ3v) is 8.79. The SMILES string of the molecule is COC(=O)CC(NC(=O)C1CCCN(C(=O)CCC2CCN(C(=O)OC(C)(C)C)CC2)C1)c1cncc(OCc2ccc(F)c(C#N)c2)c1. The number of hydrogen-bond donors (Lipinski definition) is 1. The predicted octanol–water partition coefficient (Wildman–Crippen LogP) is 5.06. The number of nitrogens with zero attached hydrogens (tertiary/aromatic N) is 4. The molecule has 4 rings (SSSR count). The Morgan fingerprint density at radius 3 is 2.53 bits per heavy atom. The minimum atomic E-state index is -0.760. The molecule has 2 aliphatic heterocycles. The number of nitriles is 1. The van der Waals surface area contributed by atoms with Crippen molar-refractivity contribution in [2.75, 3.05) is 33.3 Å². The number of pyridine rings is 1. The molecular formula is C36H46FN5O7. The first-order valence-electron chi connectivity index (χ1n) is 16.7. The fourth-order valence-corrected chi connectivity index (χ4v) is 6.05. The number of esters is 1. The van der Waals surface area contributed by atoms with Crippen molar-refractivity contribution in [1.82, 2.24) is 20.1 Å². The average molecular weight is 680 g/mol. The van der Waals surface area contributed by atoms with Gasteiger partial charge in [-0.3, -0.25) is 19.4 Å². The van der Waals surface area contributed by atoms with E-state index in [9.17, 15) is 23.6 Å². The van der Waals surface area contributed by atoms with Crippen LogP contribution in [0.15, 0.2) is 36.7 Å². The molecule has 0 spiro atoms. The van der Waals surface area contributed by atoms with Crippen molar-refractivity contribution in [2.45, 2.75) is 84.0 Å². The molecular weight excluding hydrogens is 633 g/mol. The van der Waals surface area contributed by atoms with Gasteiger partial charge in [-0.15, -0.1) is 0 Å². The van der Waals surface area contributed by atoms with Gasteiger partial charge in [0.1, 0.15) is 29.8 Å². The maximum Gasteiger partial charge on any atom is 0.410 e. The summed E-state index contributed by atoms with van der Waals surface area (Å²) < 4.78 is 29.9.